The molecule has 0 aliphatic rings. The number of nitrogens with one attached hydrogen (secondary N) is 2. The van der Waals surface area contributed by atoms with Gasteiger partial charge >= 0.3 is 6.03 Å². The van der Waals surface area contributed by atoms with E-state index in [-0.39, 0.29) is 18.1 Å². The van der Waals surface area contributed by atoms with Crippen molar-refractivity contribution in [3.05, 3.63) is 60.3 Å². The summed E-state index contributed by atoms with van der Waals surface area (Å²) >= 11 is 0. The van der Waals surface area contributed by atoms with Crippen LogP contribution in [0.1, 0.15) is 11.7 Å². The molecule has 1 aromatic carbocycles. The minimum atomic E-state index is -0.376. The highest BCUT2D eigenvalue weighted by atomic mass is 16.5. The van der Waals surface area contributed by atoms with Gasteiger partial charge in [-0.05, 0) is 17.7 Å². The molecule has 0 spiro atoms. The average molecular weight is 311 g/mol. The maximum Gasteiger partial charge on any atom is 0.321 e. The van der Waals surface area contributed by atoms with Gasteiger partial charge in [-0.25, -0.2) is 9.31 Å². The molecule has 118 valence electrons. The van der Waals surface area contributed by atoms with Crippen LogP contribution in [0.5, 0.6) is 0 Å². The number of hydrogen-bond acceptors (Lipinski definition) is 4. The van der Waals surface area contributed by atoms with Crippen molar-refractivity contribution >= 4 is 17.6 Å². The van der Waals surface area contributed by atoms with Crippen LogP contribution in [0.25, 0.3) is 5.65 Å². The molecule has 0 fully saturated rings. The Bertz CT molecular complexity index is 754. The molecule has 0 aliphatic heterocycles. The number of ether oxygens (including phenoxy) is 1. The van der Waals surface area contributed by atoms with E-state index in [0.717, 1.165) is 5.56 Å². The fraction of sp³-hybridized carbons (Fsp3) is 0.188. The van der Waals surface area contributed by atoms with E-state index in [0.29, 0.717) is 12.2 Å². The summed E-state index contributed by atoms with van der Waals surface area (Å²) in [5.41, 5.74) is 1.67. The van der Waals surface area contributed by atoms with Crippen LogP contribution < -0.4 is 10.6 Å². The van der Waals surface area contributed by atoms with Crippen molar-refractivity contribution in [1.29, 1.82) is 0 Å². The van der Waals surface area contributed by atoms with Crippen LogP contribution in [0.4, 0.5) is 10.7 Å². The van der Waals surface area contributed by atoms with E-state index in [9.17, 15) is 4.79 Å². The summed E-state index contributed by atoms with van der Waals surface area (Å²) in [4.78, 5) is 16.2. The summed E-state index contributed by atoms with van der Waals surface area (Å²) in [6.45, 7) is 0.347. The monoisotopic (exact) mass is 311 g/mol. The van der Waals surface area contributed by atoms with Gasteiger partial charge in [0.05, 0.1) is 6.10 Å². The van der Waals surface area contributed by atoms with Gasteiger partial charge in [0.1, 0.15) is 0 Å². The lowest BCUT2D eigenvalue weighted by atomic mass is 10.1. The Morgan fingerprint density at radius 1 is 1.22 bits per heavy atom. The molecule has 2 aromatic heterocycles. The lowest BCUT2D eigenvalue weighted by molar-refractivity contribution is 0.104. The van der Waals surface area contributed by atoms with E-state index < -0.39 is 0 Å². The van der Waals surface area contributed by atoms with Gasteiger partial charge in [-0.2, -0.15) is 4.98 Å². The first-order chi connectivity index (χ1) is 11.3. The van der Waals surface area contributed by atoms with Crippen molar-refractivity contribution in [3.8, 4) is 0 Å². The van der Waals surface area contributed by atoms with E-state index in [1.54, 1.807) is 17.8 Å². The highest BCUT2D eigenvalue weighted by Crippen LogP contribution is 2.14. The number of methoxy groups -OCH3 is 1. The fourth-order valence-electron chi connectivity index (χ4n) is 2.22. The van der Waals surface area contributed by atoms with Gasteiger partial charge in [0.15, 0.2) is 5.65 Å². The fourth-order valence-corrected chi connectivity index (χ4v) is 2.22. The normalized spacial score (nSPS) is 12.0. The third kappa shape index (κ3) is 3.64. The first kappa shape index (κ1) is 15.0. The number of amides is 2. The number of benzene rings is 1. The molecular formula is C16H17N5O2. The molecule has 7 nitrogen and oxygen atoms in total. The molecule has 0 bridgehead atoms. The van der Waals surface area contributed by atoms with E-state index >= 15 is 0 Å². The topological polar surface area (TPSA) is 80.5 Å². The Morgan fingerprint density at radius 2 is 2.00 bits per heavy atom. The van der Waals surface area contributed by atoms with Crippen LogP contribution in [0, 0.1) is 0 Å². The summed E-state index contributed by atoms with van der Waals surface area (Å²) < 4.78 is 7.00. The zero-order chi connectivity index (χ0) is 16.1. The minimum Gasteiger partial charge on any atom is -0.375 e. The van der Waals surface area contributed by atoms with Gasteiger partial charge in [-0.15, -0.1) is 5.10 Å². The van der Waals surface area contributed by atoms with Crippen LogP contribution >= 0.6 is 0 Å². The van der Waals surface area contributed by atoms with Crippen molar-refractivity contribution in [3.63, 3.8) is 0 Å². The Balaban J connectivity index is 1.58. The molecule has 0 unspecified atom stereocenters. The molecule has 7 heteroatoms. The van der Waals surface area contributed by atoms with Gasteiger partial charge in [-0.3, -0.25) is 5.32 Å². The molecule has 0 radical (unpaired) electrons. The molecule has 3 rings (SSSR count). The molecule has 0 saturated heterocycles. The molecule has 0 aliphatic carbocycles. The largest absolute Gasteiger partial charge is 0.375 e. The second kappa shape index (κ2) is 6.89. The summed E-state index contributed by atoms with van der Waals surface area (Å²) in [6, 6.07) is 14.8. The quantitative estimate of drug-likeness (QED) is 0.757. The molecule has 2 N–H and O–H groups in total. The van der Waals surface area contributed by atoms with Crippen molar-refractivity contribution in [1.82, 2.24) is 19.9 Å². The third-order valence-corrected chi connectivity index (χ3v) is 3.37. The van der Waals surface area contributed by atoms with Crippen molar-refractivity contribution < 1.29 is 9.53 Å². The Kier molecular flexibility index (Phi) is 4.49. The van der Waals surface area contributed by atoms with Gasteiger partial charge in [0, 0.05) is 19.9 Å². The maximum atomic E-state index is 12.0. The highest BCUT2D eigenvalue weighted by Gasteiger charge is 2.13. The van der Waals surface area contributed by atoms with Crippen molar-refractivity contribution in [2.45, 2.75) is 6.10 Å². The number of fused-ring (bicyclic) bond motifs is 1. The SMILES string of the molecule is CO[C@H](CNC(=O)Nc1nc2ccccn2n1)c1ccccc1. The predicted molar refractivity (Wildman–Crippen MR) is 86.2 cm³/mol. The number of pyridine rings is 1. The van der Waals surface area contributed by atoms with Crippen LogP contribution in [-0.2, 0) is 4.74 Å². The summed E-state index contributed by atoms with van der Waals surface area (Å²) in [5, 5.41) is 9.53. The number of aromatic nitrogens is 3. The van der Waals surface area contributed by atoms with Gasteiger partial charge in [-0.1, -0.05) is 36.4 Å². The van der Waals surface area contributed by atoms with E-state index in [1.165, 1.54) is 0 Å². The third-order valence-electron chi connectivity index (χ3n) is 3.37. The standard InChI is InChI=1S/C16H17N5O2/c1-23-13(12-7-3-2-4-8-12)11-17-16(22)19-15-18-14-9-5-6-10-21(14)20-15/h2-10,13H,11H2,1H3,(H2,17,19,20,22)/t13-/m1/s1. The number of hydrogen-bond donors (Lipinski definition) is 2. The summed E-state index contributed by atoms with van der Waals surface area (Å²) in [7, 11) is 1.61. The lowest BCUT2D eigenvalue weighted by Crippen LogP contribution is -2.33. The molecule has 2 amide bonds. The number of nitrogens with zero attached hydrogens (tertiary/aromatic N) is 3. The van der Waals surface area contributed by atoms with Crippen LogP contribution in [0.3, 0.4) is 0 Å². The van der Waals surface area contributed by atoms with Gasteiger partial charge in [0.25, 0.3) is 5.95 Å². The Labute approximate surface area is 133 Å². The molecule has 23 heavy (non-hydrogen) atoms. The summed E-state index contributed by atoms with van der Waals surface area (Å²) in [6.07, 6.45) is 1.55. The first-order valence-electron chi connectivity index (χ1n) is 7.20. The number of carbonyl (C=O) groups is 1. The number of rotatable bonds is 5. The average Bonchev–Trinajstić information content (AvgIpc) is 2.98. The molecule has 1 atom stereocenters. The highest BCUT2D eigenvalue weighted by molar-refractivity contribution is 5.87. The number of anilines is 1. The van der Waals surface area contributed by atoms with E-state index in [1.807, 2.05) is 48.5 Å². The van der Waals surface area contributed by atoms with Crippen LogP contribution in [0.15, 0.2) is 54.7 Å². The van der Waals surface area contributed by atoms with Gasteiger partial charge in [0.2, 0.25) is 0 Å². The van der Waals surface area contributed by atoms with Crippen LogP contribution in [0.2, 0.25) is 0 Å². The Morgan fingerprint density at radius 3 is 2.74 bits per heavy atom. The zero-order valence-electron chi connectivity index (χ0n) is 12.6. The second-order valence-corrected chi connectivity index (χ2v) is 4.91. The first-order valence-corrected chi connectivity index (χ1v) is 7.20. The predicted octanol–water partition coefficient (Wildman–Crippen LogP) is 2.24. The molecule has 3 aromatic rings. The number of urea groups is 1. The smallest absolute Gasteiger partial charge is 0.321 e. The zero-order valence-corrected chi connectivity index (χ0v) is 12.6. The second-order valence-electron chi connectivity index (χ2n) is 4.91. The molecular weight excluding hydrogens is 294 g/mol. The van der Waals surface area contributed by atoms with Crippen LogP contribution in [-0.4, -0.2) is 34.3 Å². The molecule has 0 saturated carbocycles. The van der Waals surface area contributed by atoms with E-state index in [4.69, 9.17) is 4.74 Å². The van der Waals surface area contributed by atoms with Crippen molar-refractivity contribution in [2.24, 2.45) is 0 Å². The van der Waals surface area contributed by atoms with Gasteiger partial charge < -0.3 is 10.1 Å². The Hall–Kier alpha value is -2.93. The van der Waals surface area contributed by atoms with E-state index in [2.05, 4.69) is 20.7 Å². The lowest BCUT2D eigenvalue weighted by Gasteiger charge is -2.16. The minimum absolute atomic E-state index is 0.212. The maximum absolute atomic E-state index is 12.0. The number of carbonyl (C=O) groups excluding carboxylic acids is 1. The van der Waals surface area contributed by atoms with Crippen molar-refractivity contribution in [2.75, 3.05) is 19.0 Å². The summed E-state index contributed by atoms with van der Waals surface area (Å²) in [5.74, 6) is 0.252. The molecule has 2 heterocycles.